The lowest BCUT2D eigenvalue weighted by Gasteiger charge is -2.08. The number of anilines is 1. The third kappa shape index (κ3) is 5.61. The number of carbonyl (C=O) groups is 1. The number of hydrogen-bond donors (Lipinski definition) is 2. The summed E-state index contributed by atoms with van der Waals surface area (Å²) < 4.78 is 0. The summed E-state index contributed by atoms with van der Waals surface area (Å²) >= 11 is 0. The van der Waals surface area contributed by atoms with Crippen LogP contribution < -0.4 is 10.6 Å². The fraction of sp³-hybridized carbons (Fsp3) is 0.714. The van der Waals surface area contributed by atoms with Crippen molar-refractivity contribution in [3.63, 3.8) is 0 Å². The molecule has 0 spiro atoms. The number of amides is 1. The molecule has 0 unspecified atom stereocenters. The first kappa shape index (κ1) is 16.5. The molecule has 0 bridgehead atoms. The predicted molar refractivity (Wildman–Crippen MR) is 79.6 cm³/mol. The van der Waals surface area contributed by atoms with Crippen molar-refractivity contribution >= 4 is 11.9 Å². The summed E-state index contributed by atoms with van der Waals surface area (Å²) in [4.78, 5) is 16.1. The Kier molecular flexibility index (Phi) is 7.08. The van der Waals surface area contributed by atoms with E-state index in [2.05, 4.69) is 39.7 Å². The van der Waals surface area contributed by atoms with E-state index in [-0.39, 0.29) is 5.91 Å². The molecule has 0 aliphatic heterocycles. The van der Waals surface area contributed by atoms with E-state index < -0.39 is 0 Å². The minimum atomic E-state index is -0.0661. The third-order valence-electron chi connectivity index (χ3n) is 2.89. The van der Waals surface area contributed by atoms with E-state index >= 15 is 0 Å². The van der Waals surface area contributed by atoms with E-state index in [1.54, 1.807) is 0 Å². The Balaban J connectivity index is 2.45. The molecule has 1 amide bonds. The minimum absolute atomic E-state index is 0.0661. The molecular weight excluding hydrogens is 254 g/mol. The molecule has 0 atom stereocenters. The van der Waals surface area contributed by atoms with Gasteiger partial charge in [-0.1, -0.05) is 27.7 Å². The predicted octanol–water partition coefficient (Wildman–Crippen LogP) is 1.71. The molecule has 1 heterocycles. The van der Waals surface area contributed by atoms with E-state index in [0.29, 0.717) is 18.4 Å². The monoisotopic (exact) mass is 279 g/mol. The molecule has 0 radical (unpaired) electrons. The van der Waals surface area contributed by atoms with Crippen LogP contribution in [0, 0.1) is 0 Å². The highest BCUT2D eigenvalue weighted by Gasteiger charge is 2.09. The molecule has 20 heavy (non-hydrogen) atoms. The normalized spacial score (nSPS) is 10.8. The average Bonchev–Trinajstić information content (AvgIpc) is 2.43. The fourth-order valence-electron chi connectivity index (χ4n) is 1.82. The maximum atomic E-state index is 11.8. The number of hydrogen-bond acceptors (Lipinski definition) is 5. The van der Waals surface area contributed by atoms with Crippen molar-refractivity contribution in [1.29, 1.82) is 0 Å². The molecular formula is C14H25N5O. The molecule has 0 aromatic carbocycles. The van der Waals surface area contributed by atoms with E-state index in [4.69, 9.17) is 0 Å². The van der Waals surface area contributed by atoms with Crippen LogP contribution in [0.25, 0.3) is 0 Å². The molecule has 6 heteroatoms. The van der Waals surface area contributed by atoms with Gasteiger partial charge < -0.3 is 5.32 Å². The van der Waals surface area contributed by atoms with Gasteiger partial charge in [0, 0.05) is 12.5 Å². The van der Waals surface area contributed by atoms with Crippen LogP contribution in [0.5, 0.6) is 0 Å². The zero-order valence-corrected chi connectivity index (χ0v) is 12.9. The molecule has 0 fully saturated rings. The third-order valence-corrected chi connectivity index (χ3v) is 2.89. The number of nitrogens with zero attached hydrogens (tertiary/aromatic N) is 3. The average molecular weight is 279 g/mol. The molecule has 1 rings (SSSR count). The number of carbonyl (C=O) groups excluding carboxylic acids is 1. The summed E-state index contributed by atoms with van der Waals surface area (Å²) in [7, 11) is 0. The van der Waals surface area contributed by atoms with Crippen LogP contribution in [-0.2, 0) is 17.6 Å². The highest BCUT2D eigenvalue weighted by atomic mass is 16.1. The van der Waals surface area contributed by atoms with Crippen LogP contribution in [0.15, 0.2) is 0 Å². The van der Waals surface area contributed by atoms with Gasteiger partial charge in [-0.3, -0.25) is 10.1 Å². The first-order valence-electron chi connectivity index (χ1n) is 7.32. The summed E-state index contributed by atoms with van der Waals surface area (Å²) in [6.07, 6.45) is 2.85. The number of aryl methyl sites for hydroxylation is 2. The molecule has 0 aliphatic carbocycles. The van der Waals surface area contributed by atoms with Gasteiger partial charge in [0.1, 0.15) is 0 Å². The molecule has 0 saturated carbocycles. The van der Waals surface area contributed by atoms with Crippen molar-refractivity contribution < 1.29 is 4.79 Å². The molecule has 1 aromatic heterocycles. The highest BCUT2D eigenvalue weighted by Crippen LogP contribution is 2.07. The lowest BCUT2D eigenvalue weighted by atomic mass is 10.2. The summed E-state index contributed by atoms with van der Waals surface area (Å²) in [5.41, 5.74) is 1.80. The lowest BCUT2D eigenvalue weighted by molar-refractivity contribution is -0.116. The van der Waals surface area contributed by atoms with Gasteiger partial charge >= 0.3 is 0 Å². The molecule has 112 valence electrons. The van der Waals surface area contributed by atoms with Crippen molar-refractivity contribution in [2.24, 2.45) is 0 Å². The maximum absolute atomic E-state index is 11.8. The lowest BCUT2D eigenvalue weighted by Crippen LogP contribution is -2.25. The Morgan fingerprint density at radius 2 is 1.85 bits per heavy atom. The van der Waals surface area contributed by atoms with E-state index in [1.165, 1.54) is 0 Å². The number of rotatable bonds is 8. The van der Waals surface area contributed by atoms with Gasteiger partial charge in [-0.15, -0.1) is 10.2 Å². The largest absolute Gasteiger partial charge is 0.315 e. The topological polar surface area (TPSA) is 79.8 Å². The van der Waals surface area contributed by atoms with Crippen molar-refractivity contribution in [2.45, 2.75) is 59.4 Å². The van der Waals surface area contributed by atoms with Crippen LogP contribution in [0.4, 0.5) is 5.95 Å². The SMILES string of the molecule is CCc1nnc(NC(=O)CCCNC(C)C)nc1CC. The van der Waals surface area contributed by atoms with Crippen LogP contribution in [0.3, 0.4) is 0 Å². The Hall–Kier alpha value is -1.56. The second-order valence-electron chi connectivity index (χ2n) is 5.00. The second kappa shape index (κ2) is 8.58. The highest BCUT2D eigenvalue weighted by molar-refractivity contribution is 5.88. The van der Waals surface area contributed by atoms with Gasteiger partial charge in [0.05, 0.1) is 11.4 Å². The zero-order chi connectivity index (χ0) is 15.0. The fourth-order valence-corrected chi connectivity index (χ4v) is 1.82. The first-order valence-corrected chi connectivity index (χ1v) is 7.32. The van der Waals surface area contributed by atoms with Crippen LogP contribution in [0.1, 0.15) is 51.9 Å². The molecule has 0 aliphatic rings. The summed E-state index contributed by atoms with van der Waals surface area (Å²) in [6, 6.07) is 0.444. The zero-order valence-electron chi connectivity index (χ0n) is 12.9. The summed E-state index contributed by atoms with van der Waals surface area (Å²) in [5.74, 6) is 0.240. The number of nitrogens with one attached hydrogen (secondary N) is 2. The molecule has 6 nitrogen and oxygen atoms in total. The maximum Gasteiger partial charge on any atom is 0.249 e. The molecule has 0 saturated heterocycles. The standard InChI is InChI=1S/C14H25N5O/c1-5-11-12(6-2)18-19-14(16-11)17-13(20)8-7-9-15-10(3)4/h10,15H,5-9H2,1-4H3,(H,16,17,19,20). The quantitative estimate of drug-likeness (QED) is 0.708. The van der Waals surface area contributed by atoms with Crippen LogP contribution in [0.2, 0.25) is 0 Å². The Morgan fingerprint density at radius 3 is 2.45 bits per heavy atom. The smallest absolute Gasteiger partial charge is 0.249 e. The Morgan fingerprint density at radius 1 is 1.15 bits per heavy atom. The Bertz CT molecular complexity index is 434. The summed E-state index contributed by atoms with van der Waals surface area (Å²) in [5, 5.41) is 14.0. The van der Waals surface area contributed by atoms with Crippen molar-refractivity contribution in [3.05, 3.63) is 11.4 Å². The second-order valence-corrected chi connectivity index (χ2v) is 5.00. The summed E-state index contributed by atoms with van der Waals surface area (Å²) in [6.45, 7) is 9.04. The van der Waals surface area contributed by atoms with Gasteiger partial charge in [0.2, 0.25) is 11.9 Å². The van der Waals surface area contributed by atoms with Gasteiger partial charge in [0.25, 0.3) is 0 Å². The van der Waals surface area contributed by atoms with Crippen LogP contribution >= 0.6 is 0 Å². The first-order chi connectivity index (χ1) is 9.56. The van der Waals surface area contributed by atoms with E-state index in [9.17, 15) is 4.79 Å². The van der Waals surface area contributed by atoms with E-state index in [1.807, 2.05) is 13.8 Å². The van der Waals surface area contributed by atoms with Crippen molar-refractivity contribution in [1.82, 2.24) is 20.5 Å². The molecule has 1 aromatic rings. The minimum Gasteiger partial charge on any atom is -0.315 e. The van der Waals surface area contributed by atoms with Crippen LogP contribution in [-0.4, -0.2) is 33.7 Å². The molecule has 2 N–H and O–H groups in total. The van der Waals surface area contributed by atoms with Crippen molar-refractivity contribution in [3.8, 4) is 0 Å². The van der Waals surface area contributed by atoms with Gasteiger partial charge in [-0.2, -0.15) is 0 Å². The van der Waals surface area contributed by atoms with E-state index in [0.717, 1.165) is 37.2 Å². The number of aromatic nitrogens is 3. The Labute approximate surface area is 120 Å². The van der Waals surface area contributed by atoms with Gasteiger partial charge in [-0.05, 0) is 25.8 Å². The van der Waals surface area contributed by atoms with Gasteiger partial charge in [0.15, 0.2) is 0 Å². The van der Waals surface area contributed by atoms with Crippen molar-refractivity contribution in [2.75, 3.05) is 11.9 Å². The van der Waals surface area contributed by atoms with Gasteiger partial charge in [-0.25, -0.2) is 4.98 Å².